The summed E-state index contributed by atoms with van der Waals surface area (Å²) in [6.07, 6.45) is -0.273. The lowest BCUT2D eigenvalue weighted by atomic mass is 9.72. The predicted molar refractivity (Wildman–Crippen MR) is 60.3 cm³/mol. The van der Waals surface area contributed by atoms with Crippen LogP contribution in [0.25, 0.3) is 0 Å². The van der Waals surface area contributed by atoms with Crippen LogP contribution in [-0.4, -0.2) is 11.2 Å². The van der Waals surface area contributed by atoms with Gasteiger partial charge in [0.25, 0.3) is 0 Å². The van der Waals surface area contributed by atoms with Gasteiger partial charge in [0.05, 0.1) is 6.10 Å². The van der Waals surface area contributed by atoms with Gasteiger partial charge in [0, 0.05) is 0 Å². The number of hydrogen-bond acceptors (Lipinski definition) is 1. The van der Waals surface area contributed by atoms with Crippen molar-refractivity contribution in [1.29, 1.82) is 0 Å². The molecule has 0 aromatic heterocycles. The van der Waals surface area contributed by atoms with Crippen molar-refractivity contribution in [2.75, 3.05) is 0 Å². The van der Waals surface area contributed by atoms with E-state index in [1.165, 1.54) is 5.56 Å². The van der Waals surface area contributed by atoms with E-state index in [9.17, 15) is 5.11 Å². The topological polar surface area (TPSA) is 20.2 Å². The molecule has 0 fully saturated rings. The third kappa shape index (κ3) is 2.16. The Bertz CT molecular complexity index is 275. The van der Waals surface area contributed by atoms with E-state index >= 15 is 0 Å². The van der Waals surface area contributed by atoms with Gasteiger partial charge in [0.1, 0.15) is 0 Å². The lowest BCUT2D eigenvalue weighted by molar-refractivity contribution is 0.0935. The molecule has 0 bridgehead atoms. The Morgan fingerprint density at radius 1 is 1.07 bits per heavy atom. The average Bonchev–Trinajstić information content (AvgIpc) is 2.18. The second-order valence-corrected chi connectivity index (χ2v) is 4.62. The molecule has 1 rings (SSSR count). The zero-order valence-electron chi connectivity index (χ0n) is 9.49. The summed E-state index contributed by atoms with van der Waals surface area (Å²) in [4.78, 5) is 0. The Morgan fingerprint density at radius 3 is 2.00 bits per heavy atom. The first kappa shape index (κ1) is 11.3. The van der Waals surface area contributed by atoms with Gasteiger partial charge in [-0.1, -0.05) is 51.1 Å². The van der Waals surface area contributed by atoms with E-state index < -0.39 is 0 Å². The SMILES string of the molecule is C[C@@H](O)[C@H](C)C(C)(C)c1ccccc1. The molecule has 2 atom stereocenters. The molecule has 0 saturated heterocycles. The van der Waals surface area contributed by atoms with Crippen LogP contribution in [0.4, 0.5) is 0 Å². The molecular weight excluding hydrogens is 172 g/mol. The van der Waals surface area contributed by atoms with Gasteiger partial charge in [0.15, 0.2) is 0 Å². The van der Waals surface area contributed by atoms with Crippen LogP contribution in [-0.2, 0) is 5.41 Å². The van der Waals surface area contributed by atoms with E-state index in [1.807, 2.05) is 25.1 Å². The molecule has 78 valence electrons. The highest BCUT2D eigenvalue weighted by molar-refractivity contribution is 5.24. The summed E-state index contributed by atoms with van der Waals surface area (Å²) in [5.41, 5.74) is 1.31. The van der Waals surface area contributed by atoms with Crippen molar-refractivity contribution in [3.63, 3.8) is 0 Å². The van der Waals surface area contributed by atoms with Crippen LogP contribution < -0.4 is 0 Å². The van der Waals surface area contributed by atoms with Gasteiger partial charge in [0.2, 0.25) is 0 Å². The minimum atomic E-state index is -0.273. The second-order valence-electron chi connectivity index (χ2n) is 4.62. The third-order valence-electron chi connectivity index (χ3n) is 3.38. The second kappa shape index (κ2) is 4.14. The zero-order chi connectivity index (χ0) is 10.8. The van der Waals surface area contributed by atoms with Crippen LogP contribution in [0.5, 0.6) is 0 Å². The molecule has 1 nitrogen and oxygen atoms in total. The molecular formula is C13H20O. The summed E-state index contributed by atoms with van der Waals surface area (Å²) in [6.45, 7) is 8.31. The zero-order valence-corrected chi connectivity index (χ0v) is 9.49. The maximum absolute atomic E-state index is 9.62. The van der Waals surface area contributed by atoms with Crippen molar-refractivity contribution in [2.45, 2.75) is 39.2 Å². The Hall–Kier alpha value is -0.820. The van der Waals surface area contributed by atoms with Crippen molar-refractivity contribution in [1.82, 2.24) is 0 Å². The molecule has 1 heteroatoms. The summed E-state index contributed by atoms with van der Waals surface area (Å²) >= 11 is 0. The molecule has 0 aliphatic heterocycles. The van der Waals surface area contributed by atoms with E-state index in [-0.39, 0.29) is 17.4 Å². The van der Waals surface area contributed by atoms with Crippen LogP contribution in [0, 0.1) is 5.92 Å². The predicted octanol–water partition coefficient (Wildman–Crippen LogP) is 2.98. The Morgan fingerprint density at radius 2 is 1.57 bits per heavy atom. The molecule has 1 aromatic rings. The van der Waals surface area contributed by atoms with Crippen LogP contribution in [0.3, 0.4) is 0 Å². The minimum absolute atomic E-state index is 0.0232. The molecule has 0 amide bonds. The standard InChI is InChI=1S/C13H20O/c1-10(11(2)14)13(3,4)12-8-6-5-7-9-12/h5-11,14H,1-4H3/t10-,11+/m0/s1. The fraction of sp³-hybridized carbons (Fsp3) is 0.538. The maximum Gasteiger partial charge on any atom is 0.0545 e. The molecule has 0 aliphatic carbocycles. The third-order valence-corrected chi connectivity index (χ3v) is 3.38. The van der Waals surface area contributed by atoms with Crippen LogP contribution in [0.15, 0.2) is 30.3 Å². The monoisotopic (exact) mass is 192 g/mol. The van der Waals surface area contributed by atoms with Crippen molar-refractivity contribution in [3.8, 4) is 0 Å². The lowest BCUT2D eigenvalue weighted by Gasteiger charge is -2.34. The summed E-state index contributed by atoms with van der Waals surface area (Å²) in [6, 6.07) is 10.4. The molecule has 0 heterocycles. The van der Waals surface area contributed by atoms with Crippen molar-refractivity contribution in [2.24, 2.45) is 5.92 Å². The molecule has 0 saturated carbocycles. The highest BCUT2D eigenvalue weighted by Gasteiger charge is 2.30. The number of aliphatic hydroxyl groups excluding tert-OH is 1. The van der Waals surface area contributed by atoms with E-state index in [4.69, 9.17) is 0 Å². The van der Waals surface area contributed by atoms with Gasteiger partial charge in [-0.15, -0.1) is 0 Å². The van der Waals surface area contributed by atoms with Crippen LogP contribution in [0.2, 0.25) is 0 Å². The maximum atomic E-state index is 9.62. The highest BCUT2D eigenvalue weighted by Crippen LogP contribution is 2.33. The van der Waals surface area contributed by atoms with Gasteiger partial charge in [-0.3, -0.25) is 0 Å². The largest absolute Gasteiger partial charge is 0.393 e. The Labute approximate surface area is 86.8 Å². The first-order valence-corrected chi connectivity index (χ1v) is 5.20. The summed E-state index contributed by atoms with van der Waals surface area (Å²) in [5.74, 6) is 0.255. The van der Waals surface area contributed by atoms with Gasteiger partial charge in [-0.05, 0) is 23.8 Å². The number of aliphatic hydroxyl groups is 1. The van der Waals surface area contributed by atoms with Gasteiger partial charge >= 0.3 is 0 Å². The minimum Gasteiger partial charge on any atom is -0.393 e. The number of hydrogen-bond donors (Lipinski definition) is 1. The fourth-order valence-corrected chi connectivity index (χ4v) is 1.73. The number of rotatable bonds is 3. The van der Waals surface area contributed by atoms with E-state index in [1.54, 1.807) is 0 Å². The summed E-state index contributed by atoms with van der Waals surface area (Å²) in [5, 5.41) is 9.62. The first-order chi connectivity index (χ1) is 6.46. The molecule has 0 radical (unpaired) electrons. The lowest BCUT2D eigenvalue weighted by Crippen LogP contribution is -2.33. The number of benzene rings is 1. The van der Waals surface area contributed by atoms with Gasteiger partial charge < -0.3 is 5.11 Å². The van der Waals surface area contributed by atoms with Crippen molar-refractivity contribution >= 4 is 0 Å². The molecule has 14 heavy (non-hydrogen) atoms. The molecule has 0 aliphatic rings. The molecule has 1 N–H and O–H groups in total. The first-order valence-electron chi connectivity index (χ1n) is 5.20. The van der Waals surface area contributed by atoms with Crippen molar-refractivity contribution in [3.05, 3.63) is 35.9 Å². The smallest absolute Gasteiger partial charge is 0.0545 e. The van der Waals surface area contributed by atoms with Gasteiger partial charge in [-0.2, -0.15) is 0 Å². The summed E-state index contributed by atoms with van der Waals surface area (Å²) < 4.78 is 0. The molecule has 1 aromatic carbocycles. The Kier molecular flexibility index (Phi) is 3.33. The van der Waals surface area contributed by atoms with Crippen LogP contribution in [0.1, 0.15) is 33.3 Å². The van der Waals surface area contributed by atoms with E-state index in [0.29, 0.717) is 0 Å². The van der Waals surface area contributed by atoms with Gasteiger partial charge in [-0.25, -0.2) is 0 Å². The van der Waals surface area contributed by atoms with Crippen molar-refractivity contribution < 1.29 is 5.11 Å². The van der Waals surface area contributed by atoms with Crippen LogP contribution >= 0.6 is 0 Å². The normalized spacial score (nSPS) is 16.4. The molecule has 0 spiro atoms. The fourth-order valence-electron chi connectivity index (χ4n) is 1.73. The summed E-state index contributed by atoms with van der Waals surface area (Å²) in [7, 11) is 0. The Balaban J connectivity index is 2.96. The van der Waals surface area contributed by atoms with E-state index in [2.05, 4.69) is 32.9 Å². The van der Waals surface area contributed by atoms with E-state index in [0.717, 1.165) is 0 Å². The highest BCUT2D eigenvalue weighted by atomic mass is 16.3. The molecule has 0 unspecified atom stereocenters. The average molecular weight is 192 g/mol. The quantitative estimate of drug-likeness (QED) is 0.780.